The maximum absolute atomic E-state index is 11.6. The summed E-state index contributed by atoms with van der Waals surface area (Å²) in [5.74, 6) is -1.81. The Hall–Kier alpha value is -1.83. The smallest absolute Gasteiger partial charge is 0.406 e. The molecule has 1 heterocycles. The molecule has 0 bridgehead atoms. The van der Waals surface area contributed by atoms with E-state index < -0.39 is 23.3 Å². The van der Waals surface area contributed by atoms with E-state index in [4.69, 9.17) is 11.6 Å². The number of piperazine rings is 1. The summed E-state index contributed by atoms with van der Waals surface area (Å²) in [6.45, 7) is 0.253. The first kappa shape index (κ1) is 14.2. The fourth-order valence-corrected chi connectivity index (χ4v) is 1.54. The zero-order valence-corrected chi connectivity index (χ0v) is 10.4. The minimum atomic E-state index is -0.977. The van der Waals surface area contributed by atoms with E-state index in [0.717, 1.165) is 0 Å². The van der Waals surface area contributed by atoms with Crippen LogP contribution in [-0.4, -0.2) is 66.4 Å². The molecule has 0 spiro atoms. The van der Waals surface area contributed by atoms with Gasteiger partial charge in [-0.05, 0) is 11.6 Å². The fraction of sp³-hybridized carbons (Fsp3) is 0.556. The molecule has 0 aliphatic carbocycles. The maximum atomic E-state index is 11.6. The summed E-state index contributed by atoms with van der Waals surface area (Å²) in [5.41, 5.74) is 0. The van der Waals surface area contributed by atoms with E-state index in [-0.39, 0.29) is 26.2 Å². The number of rotatable bonds is 3. The predicted molar refractivity (Wildman–Crippen MR) is 59.9 cm³/mol. The number of amides is 4. The molecule has 1 fully saturated rings. The molecule has 0 aromatic carbocycles. The van der Waals surface area contributed by atoms with E-state index in [1.807, 2.05) is 0 Å². The van der Waals surface area contributed by atoms with Crippen molar-refractivity contribution in [2.45, 2.75) is 0 Å². The molecule has 1 aliphatic heterocycles. The van der Waals surface area contributed by atoms with E-state index >= 15 is 0 Å². The van der Waals surface area contributed by atoms with Crippen molar-refractivity contribution in [2.75, 3.05) is 33.3 Å². The molecule has 1 rings (SSSR count). The van der Waals surface area contributed by atoms with Crippen LogP contribution in [0.2, 0.25) is 0 Å². The Kier molecular flexibility index (Phi) is 4.90. The minimum absolute atomic E-state index is 0.0342. The monoisotopic (exact) mass is 277 g/mol. The zero-order chi connectivity index (χ0) is 13.7. The Labute approximate surface area is 108 Å². The normalized spacial score (nSPS) is 15.7. The number of carbonyl (C=O) groups excluding carboxylic acids is 4. The standard InChI is InChI=1S/C9H12ClN3O5/c1-11-9(17)18-5-4-12-2-3-13(8(10)16)7(15)6(12)14/h2-5H2,1H3,(H,11,17). The van der Waals surface area contributed by atoms with Gasteiger partial charge in [-0.1, -0.05) is 0 Å². The lowest BCUT2D eigenvalue weighted by molar-refractivity contribution is -0.153. The van der Waals surface area contributed by atoms with Crippen molar-refractivity contribution in [2.24, 2.45) is 0 Å². The molecule has 0 aromatic rings. The second-order valence-electron chi connectivity index (χ2n) is 3.39. The third-order valence-corrected chi connectivity index (χ3v) is 2.52. The Morgan fingerprint density at radius 3 is 2.56 bits per heavy atom. The Balaban J connectivity index is 2.46. The number of alkyl carbamates (subject to hydrolysis) is 1. The highest BCUT2D eigenvalue weighted by Gasteiger charge is 2.35. The zero-order valence-electron chi connectivity index (χ0n) is 9.64. The number of nitrogens with one attached hydrogen (secondary N) is 1. The maximum Gasteiger partial charge on any atom is 0.406 e. The summed E-state index contributed by atoms with van der Waals surface area (Å²) in [6, 6.07) is 0. The summed E-state index contributed by atoms with van der Waals surface area (Å²) in [7, 11) is 1.40. The second-order valence-corrected chi connectivity index (χ2v) is 3.71. The van der Waals surface area contributed by atoms with E-state index in [0.29, 0.717) is 4.90 Å². The fourth-order valence-electron chi connectivity index (χ4n) is 1.38. The van der Waals surface area contributed by atoms with Gasteiger partial charge in [0.2, 0.25) is 0 Å². The molecule has 0 aromatic heterocycles. The van der Waals surface area contributed by atoms with Gasteiger partial charge in [0.05, 0.1) is 6.54 Å². The molecule has 18 heavy (non-hydrogen) atoms. The summed E-state index contributed by atoms with van der Waals surface area (Å²) < 4.78 is 4.69. The average Bonchev–Trinajstić information content (AvgIpc) is 2.33. The first-order chi connectivity index (χ1) is 8.47. The van der Waals surface area contributed by atoms with Crippen molar-refractivity contribution in [3.05, 3.63) is 0 Å². The number of carbonyl (C=O) groups is 4. The summed E-state index contributed by atoms with van der Waals surface area (Å²) >= 11 is 5.15. The van der Waals surface area contributed by atoms with Gasteiger partial charge in [0, 0.05) is 20.1 Å². The topological polar surface area (TPSA) is 96.0 Å². The van der Waals surface area contributed by atoms with Crippen LogP contribution in [0.25, 0.3) is 0 Å². The third-order valence-electron chi connectivity index (χ3n) is 2.32. The van der Waals surface area contributed by atoms with E-state index in [9.17, 15) is 19.2 Å². The number of hydrogen-bond donors (Lipinski definition) is 1. The summed E-state index contributed by atoms with van der Waals surface area (Å²) in [5, 5.41) is 1.27. The lowest BCUT2D eigenvalue weighted by atomic mass is 10.3. The van der Waals surface area contributed by atoms with Crippen LogP contribution in [0.3, 0.4) is 0 Å². The molecule has 0 radical (unpaired) electrons. The Morgan fingerprint density at radius 2 is 2.00 bits per heavy atom. The summed E-state index contributed by atoms with van der Waals surface area (Å²) in [6.07, 6.45) is -0.622. The first-order valence-corrected chi connectivity index (χ1v) is 5.50. The van der Waals surface area contributed by atoms with Crippen molar-refractivity contribution in [3.63, 3.8) is 0 Å². The molecule has 4 amide bonds. The Morgan fingerprint density at radius 1 is 1.33 bits per heavy atom. The molecule has 1 aliphatic rings. The molecule has 1 N–H and O–H groups in total. The molecule has 9 heteroatoms. The molecule has 0 unspecified atom stereocenters. The SMILES string of the molecule is CNC(=O)OCCN1CCN(C(=O)Cl)C(=O)C1=O. The molecule has 100 valence electrons. The predicted octanol–water partition coefficient (Wildman–Crippen LogP) is -0.628. The van der Waals surface area contributed by atoms with Crippen molar-refractivity contribution in [3.8, 4) is 0 Å². The van der Waals surface area contributed by atoms with Gasteiger partial charge in [-0.25, -0.2) is 4.79 Å². The van der Waals surface area contributed by atoms with Gasteiger partial charge >= 0.3 is 23.3 Å². The van der Waals surface area contributed by atoms with Crippen LogP contribution in [0.1, 0.15) is 0 Å². The van der Waals surface area contributed by atoms with Gasteiger partial charge in [-0.15, -0.1) is 0 Å². The van der Waals surface area contributed by atoms with Crippen molar-refractivity contribution in [1.82, 2.24) is 15.1 Å². The Bertz CT molecular complexity index is 386. The second kappa shape index (κ2) is 6.20. The number of ether oxygens (including phenoxy) is 1. The highest BCUT2D eigenvalue weighted by Crippen LogP contribution is 2.07. The average molecular weight is 278 g/mol. The first-order valence-electron chi connectivity index (χ1n) is 5.12. The number of halogens is 1. The molecule has 0 saturated carbocycles. The van der Waals surface area contributed by atoms with E-state index in [1.54, 1.807) is 0 Å². The highest BCUT2D eigenvalue weighted by molar-refractivity contribution is 6.65. The van der Waals surface area contributed by atoms with E-state index in [2.05, 4.69) is 10.1 Å². The third kappa shape index (κ3) is 3.33. The van der Waals surface area contributed by atoms with Crippen LogP contribution < -0.4 is 5.32 Å². The molecule has 0 atom stereocenters. The van der Waals surface area contributed by atoms with Gasteiger partial charge in [-0.2, -0.15) is 0 Å². The number of imide groups is 1. The highest BCUT2D eigenvalue weighted by atomic mass is 35.5. The molecular weight excluding hydrogens is 266 g/mol. The van der Waals surface area contributed by atoms with Gasteiger partial charge in [0.1, 0.15) is 6.61 Å². The van der Waals surface area contributed by atoms with Crippen LogP contribution in [0.15, 0.2) is 0 Å². The number of nitrogens with zero attached hydrogens (tertiary/aromatic N) is 2. The van der Waals surface area contributed by atoms with Crippen molar-refractivity contribution in [1.29, 1.82) is 0 Å². The molecule has 8 nitrogen and oxygen atoms in total. The van der Waals surface area contributed by atoms with Gasteiger partial charge in [0.15, 0.2) is 0 Å². The largest absolute Gasteiger partial charge is 0.448 e. The minimum Gasteiger partial charge on any atom is -0.448 e. The molecular formula is C9H12ClN3O5. The quantitative estimate of drug-likeness (QED) is 0.421. The van der Waals surface area contributed by atoms with Crippen LogP contribution in [0.4, 0.5) is 9.59 Å². The molecule has 1 saturated heterocycles. The van der Waals surface area contributed by atoms with Gasteiger partial charge < -0.3 is 15.0 Å². The van der Waals surface area contributed by atoms with E-state index in [1.165, 1.54) is 11.9 Å². The lowest BCUT2D eigenvalue weighted by Crippen LogP contribution is -2.55. The lowest BCUT2D eigenvalue weighted by Gasteiger charge is -2.31. The van der Waals surface area contributed by atoms with Crippen LogP contribution in [0, 0.1) is 0 Å². The van der Waals surface area contributed by atoms with Gasteiger partial charge in [-0.3, -0.25) is 19.3 Å². The van der Waals surface area contributed by atoms with Crippen LogP contribution >= 0.6 is 11.6 Å². The number of hydrogen-bond acceptors (Lipinski definition) is 5. The van der Waals surface area contributed by atoms with Gasteiger partial charge in [0.25, 0.3) is 0 Å². The van der Waals surface area contributed by atoms with Crippen LogP contribution in [-0.2, 0) is 14.3 Å². The van der Waals surface area contributed by atoms with Crippen molar-refractivity contribution < 1.29 is 23.9 Å². The van der Waals surface area contributed by atoms with Crippen molar-refractivity contribution >= 4 is 34.9 Å². The summed E-state index contributed by atoms with van der Waals surface area (Å²) in [4.78, 5) is 46.4. The van der Waals surface area contributed by atoms with Crippen LogP contribution in [0.5, 0.6) is 0 Å².